The van der Waals surface area contributed by atoms with E-state index < -0.39 is 4.92 Å². The van der Waals surface area contributed by atoms with Gasteiger partial charge in [0, 0.05) is 23.6 Å². The van der Waals surface area contributed by atoms with E-state index >= 15 is 0 Å². The molecule has 0 fully saturated rings. The molecular formula is C15H16N2O3S. The molecule has 2 aromatic rings. The number of thioether (sulfide) groups is 1. The topological polar surface area (TPSA) is 64.4 Å². The monoisotopic (exact) mass is 304 g/mol. The molecule has 0 radical (unpaired) electrons. The first-order valence-electron chi connectivity index (χ1n) is 6.48. The molecule has 0 bridgehead atoms. The van der Waals surface area contributed by atoms with Gasteiger partial charge < -0.3 is 10.1 Å². The number of nitrogens with one attached hydrogen (secondary N) is 1. The largest absolute Gasteiger partial charge is 0.457 e. The Bertz CT molecular complexity index is 629. The lowest BCUT2D eigenvalue weighted by Crippen LogP contribution is -2.01. The summed E-state index contributed by atoms with van der Waals surface area (Å²) in [4.78, 5) is 11.7. The molecule has 1 N–H and O–H groups in total. The summed E-state index contributed by atoms with van der Waals surface area (Å²) in [5.74, 6) is 1.26. The summed E-state index contributed by atoms with van der Waals surface area (Å²) in [6.07, 6.45) is 2.01. The molecule has 0 aliphatic rings. The summed E-state index contributed by atoms with van der Waals surface area (Å²) in [5.41, 5.74) is 0.502. The van der Waals surface area contributed by atoms with Crippen LogP contribution in [0.2, 0.25) is 0 Å². The van der Waals surface area contributed by atoms with Gasteiger partial charge in [0.15, 0.2) is 0 Å². The normalized spacial score (nSPS) is 10.2. The van der Waals surface area contributed by atoms with Crippen LogP contribution in [0, 0.1) is 10.1 Å². The zero-order chi connectivity index (χ0) is 15.2. The third-order valence-electron chi connectivity index (χ3n) is 2.83. The van der Waals surface area contributed by atoms with Gasteiger partial charge in [0.25, 0.3) is 5.69 Å². The van der Waals surface area contributed by atoms with E-state index in [4.69, 9.17) is 4.74 Å². The number of hydrogen-bond acceptors (Lipinski definition) is 5. The second-order valence-corrected chi connectivity index (χ2v) is 5.12. The molecule has 2 aromatic carbocycles. The smallest absolute Gasteiger partial charge is 0.292 e. The van der Waals surface area contributed by atoms with Gasteiger partial charge >= 0.3 is 0 Å². The van der Waals surface area contributed by atoms with Crippen molar-refractivity contribution in [2.45, 2.75) is 11.8 Å². The summed E-state index contributed by atoms with van der Waals surface area (Å²) in [6.45, 7) is 2.49. The summed E-state index contributed by atoms with van der Waals surface area (Å²) in [7, 11) is 0. The second kappa shape index (κ2) is 6.99. The predicted octanol–water partition coefficient (Wildman–Crippen LogP) is 4.54. The maximum Gasteiger partial charge on any atom is 0.292 e. The SMILES string of the molecule is CCNc1cc(Oc2ccc(SC)cc2)ccc1[N+](=O)[O-]. The van der Waals surface area contributed by atoms with Gasteiger partial charge in [-0.05, 0) is 43.5 Å². The van der Waals surface area contributed by atoms with E-state index in [1.54, 1.807) is 23.9 Å². The van der Waals surface area contributed by atoms with E-state index in [0.29, 0.717) is 23.7 Å². The Morgan fingerprint density at radius 3 is 2.43 bits per heavy atom. The van der Waals surface area contributed by atoms with E-state index in [2.05, 4.69) is 5.32 Å². The van der Waals surface area contributed by atoms with Crippen molar-refractivity contribution in [1.29, 1.82) is 0 Å². The lowest BCUT2D eigenvalue weighted by atomic mass is 10.2. The molecule has 0 unspecified atom stereocenters. The van der Waals surface area contributed by atoms with Crippen LogP contribution in [0.3, 0.4) is 0 Å². The number of nitrogens with zero attached hydrogens (tertiary/aromatic N) is 1. The molecule has 2 rings (SSSR count). The van der Waals surface area contributed by atoms with Gasteiger partial charge in [-0.25, -0.2) is 0 Å². The zero-order valence-electron chi connectivity index (χ0n) is 11.8. The Morgan fingerprint density at radius 2 is 1.86 bits per heavy atom. The van der Waals surface area contributed by atoms with Gasteiger partial charge in [-0.1, -0.05) is 0 Å². The number of nitro benzene ring substituents is 1. The highest BCUT2D eigenvalue weighted by Gasteiger charge is 2.14. The second-order valence-electron chi connectivity index (χ2n) is 4.24. The summed E-state index contributed by atoms with van der Waals surface area (Å²) in [5, 5.41) is 13.9. The van der Waals surface area contributed by atoms with Crippen LogP contribution in [0.25, 0.3) is 0 Å². The van der Waals surface area contributed by atoms with Crippen LogP contribution < -0.4 is 10.1 Å². The Hall–Kier alpha value is -2.21. The Labute approximate surface area is 127 Å². The molecule has 0 spiro atoms. The molecule has 0 aliphatic heterocycles. The molecule has 0 aliphatic carbocycles. The number of benzene rings is 2. The average molecular weight is 304 g/mol. The molecule has 0 aromatic heterocycles. The lowest BCUT2D eigenvalue weighted by Gasteiger charge is -2.09. The van der Waals surface area contributed by atoms with Crippen LogP contribution in [-0.4, -0.2) is 17.7 Å². The predicted molar refractivity (Wildman–Crippen MR) is 85.6 cm³/mol. The van der Waals surface area contributed by atoms with E-state index in [9.17, 15) is 10.1 Å². The van der Waals surface area contributed by atoms with Gasteiger partial charge in [0.1, 0.15) is 17.2 Å². The molecule has 21 heavy (non-hydrogen) atoms. The Morgan fingerprint density at radius 1 is 1.19 bits per heavy atom. The van der Waals surface area contributed by atoms with Gasteiger partial charge in [-0.3, -0.25) is 10.1 Å². The molecule has 110 valence electrons. The molecule has 0 saturated heterocycles. The van der Waals surface area contributed by atoms with Gasteiger partial charge in [0.05, 0.1) is 4.92 Å². The van der Waals surface area contributed by atoms with Crippen molar-refractivity contribution in [3.8, 4) is 11.5 Å². The molecule has 5 nitrogen and oxygen atoms in total. The number of hydrogen-bond donors (Lipinski definition) is 1. The first-order valence-corrected chi connectivity index (χ1v) is 7.70. The highest BCUT2D eigenvalue weighted by molar-refractivity contribution is 7.98. The van der Waals surface area contributed by atoms with Crippen LogP contribution in [-0.2, 0) is 0 Å². The van der Waals surface area contributed by atoms with Crippen molar-refractivity contribution in [2.24, 2.45) is 0 Å². The van der Waals surface area contributed by atoms with E-state index in [1.165, 1.54) is 6.07 Å². The van der Waals surface area contributed by atoms with Crippen LogP contribution >= 0.6 is 11.8 Å². The van der Waals surface area contributed by atoms with E-state index in [0.717, 1.165) is 4.90 Å². The van der Waals surface area contributed by atoms with Crippen molar-refractivity contribution in [3.63, 3.8) is 0 Å². The Kier molecular flexibility index (Phi) is 5.05. The molecule has 6 heteroatoms. The zero-order valence-corrected chi connectivity index (χ0v) is 12.6. The number of nitro groups is 1. The molecular weight excluding hydrogens is 288 g/mol. The van der Waals surface area contributed by atoms with Crippen molar-refractivity contribution < 1.29 is 9.66 Å². The standard InChI is InChI=1S/C15H16N2O3S/c1-3-16-14-10-12(6-9-15(14)17(18)19)20-11-4-7-13(21-2)8-5-11/h4-10,16H,3H2,1-2H3. The van der Waals surface area contributed by atoms with Crippen LogP contribution in [0.15, 0.2) is 47.4 Å². The van der Waals surface area contributed by atoms with Crippen molar-refractivity contribution >= 4 is 23.1 Å². The number of anilines is 1. The minimum atomic E-state index is -0.408. The fourth-order valence-corrected chi connectivity index (χ4v) is 2.26. The third kappa shape index (κ3) is 3.88. The minimum Gasteiger partial charge on any atom is -0.457 e. The first-order chi connectivity index (χ1) is 10.1. The number of rotatable bonds is 6. The highest BCUT2D eigenvalue weighted by Crippen LogP contribution is 2.31. The van der Waals surface area contributed by atoms with E-state index in [-0.39, 0.29) is 5.69 Å². The van der Waals surface area contributed by atoms with Gasteiger partial charge in [0.2, 0.25) is 0 Å². The summed E-state index contributed by atoms with van der Waals surface area (Å²) < 4.78 is 5.73. The fourth-order valence-electron chi connectivity index (χ4n) is 1.85. The quantitative estimate of drug-likeness (QED) is 0.482. The molecule has 0 amide bonds. The number of ether oxygens (including phenoxy) is 1. The maximum atomic E-state index is 11.0. The van der Waals surface area contributed by atoms with Crippen LogP contribution in [0.1, 0.15) is 6.92 Å². The lowest BCUT2D eigenvalue weighted by molar-refractivity contribution is -0.384. The fraction of sp³-hybridized carbons (Fsp3) is 0.200. The summed E-state index contributed by atoms with van der Waals surface area (Å²) >= 11 is 1.66. The van der Waals surface area contributed by atoms with E-state index in [1.807, 2.05) is 37.4 Å². The summed E-state index contributed by atoms with van der Waals surface area (Å²) in [6, 6.07) is 12.4. The van der Waals surface area contributed by atoms with Crippen molar-refractivity contribution in [1.82, 2.24) is 0 Å². The molecule has 0 heterocycles. The van der Waals surface area contributed by atoms with Crippen molar-refractivity contribution in [3.05, 3.63) is 52.6 Å². The highest BCUT2D eigenvalue weighted by atomic mass is 32.2. The van der Waals surface area contributed by atoms with Gasteiger partial charge in [-0.15, -0.1) is 11.8 Å². The van der Waals surface area contributed by atoms with Crippen molar-refractivity contribution in [2.75, 3.05) is 18.1 Å². The average Bonchev–Trinajstić information content (AvgIpc) is 2.48. The third-order valence-corrected chi connectivity index (χ3v) is 3.57. The van der Waals surface area contributed by atoms with Crippen LogP contribution in [0.4, 0.5) is 11.4 Å². The Balaban J connectivity index is 2.23. The molecule has 0 saturated carbocycles. The minimum absolute atomic E-state index is 0.0435. The first kappa shape index (κ1) is 15.2. The van der Waals surface area contributed by atoms with Crippen LogP contribution in [0.5, 0.6) is 11.5 Å². The van der Waals surface area contributed by atoms with Gasteiger partial charge in [-0.2, -0.15) is 0 Å². The molecule has 0 atom stereocenters. The maximum absolute atomic E-state index is 11.0.